The highest BCUT2D eigenvalue weighted by molar-refractivity contribution is 5.87. The van der Waals surface area contributed by atoms with Gasteiger partial charge in [-0.05, 0) is 24.4 Å². The van der Waals surface area contributed by atoms with Crippen LogP contribution in [0.2, 0.25) is 0 Å². The van der Waals surface area contributed by atoms with E-state index in [1.807, 2.05) is 25.1 Å². The fraction of sp³-hybridized carbons (Fsp3) is 0.100. The number of hydrogen-bond acceptors (Lipinski definition) is 2. The number of pyridine rings is 1. The van der Waals surface area contributed by atoms with Crippen molar-refractivity contribution in [3.8, 4) is 5.75 Å². The summed E-state index contributed by atoms with van der Waals surface area (Å²) >= 11 is 0. The maximum atomic E-state index is 9.42. The number of aromatic nitrogens is 1. The first-order valence-corrected chi connectivity index (χ1v) is 3.82. The van der Waals surface area contributed by atoms with Gasteiger partial charge in [0, 0.05) is 17.3 Å². The molecule has 1 N–H and O–H groups in total. The Bertz CT molecular complexity index is 423. The Kier molecular flexibility index (Phi) is 1.47. The number of benzene rings is 1. The van der Waals surface area contributed by atoms with Crippen LogP contribution in [0.5, 0.6) is 5.75 Å². The van der Waals surface area contributed by atoms with Crippen LogP contribution in [0.1, 0.15) is 5.69 Å². The molecule has 2 heteroatoms. The van der Waals surface area contributed by atoms with E-state index in [-0.39, 0.29) is 0 Å². The van der Waals surface area contributed by atoms with E-state index >= 15 is 0 Å². The quantitative estimate of drug-likeness (QED) is 0.639. The number of nitrogens with zero attached hydrogens (tertiary/aromatic N) is 1. The average molecular weight is 159 g/mol. The first-order valence-electron chi connectivity index (χ1n) is 3.82. The molecule has 0 amide bonds. The summed E-state index contributed by atoms with van der Waals surface area (Å²) in [5.41, 5.74) is 0.966. The van der Waals surface area contributed by atoms with Gasteiger partial charge in [0.15, 0.2) is 0 Å². The first-order chi connectivity index (χ1) is 5.77. The van der Waals surface area contributed by atoms with Gasteiger partial charge in [0.1, 0.15) is 5.75 Å². The van der Waals surface area contributed by atoms with E-state index < -0.39 is 0 Å². The molecule has 0 aliphatic heterocycles. The maximum Gasteiger partial charge on any atom is 0.124 e. The van der Waals surface area contributed by atoms with Gasteiger partial charge in [-0.15, -0.1) is 0 Å². The minimum atomic E-state index is 0.292. The first kappa shape index (κ1) is 7.10. The molecule has 0 aliphatic carbocycles. The van der Waals surface area contributed by atoms with Crippen molar-refractivity contribution >= 4 is 10.8 Å². The molecule has 2 aromatic rings. The summed E-state index contributed by atoms with van der Waals surface area (Å²) in [4.78, 5) is 4.11. The summed E-state index contributed by atoms with van der Waals surface area (Å²) < 4.78 is 0. The van der Waals surface area contributed by atoms with Crippen molar-refractivity contribution in [1.82, 2.24) is 4.98 Å². The van der Waals surface area contributed by atoms with Crippen LogP contribution in [-0.4, -0.2) is 10.1 Å². The fourth-order valence-electron chi connectivity index (χ4n) is 1.27. The number of rotatable bonds is 0. The monoisotopic (exact) mass is 159 g/mol. The van der Waals surface area contributed by atoms with Crippen LogP contribution in [-0.2, 0) is 0 Å². The zero-order valence-corrected chi connectivity index (χ0v) is 6.78. The van der Waals surface area contributed by atoms with Crippen LogP contribution < -0.4 is 0 Å². The van der Waals surface area contributed by atoms with Crippen LogP contribution in [0.25, 0.3) is 10.8 Å². The molecule has 2 nitrogen and oxygen atoms in total. The molecule has 0 bridgehead atoms. The molecule has 1 aromatic heterocycles. The largest absolute Gasteiger partial charge is 0.507 e. The van der Waals surface area contributed by atoms with E-state index in [1.54, 1.807) is 12.3 Å². The standard InChI is InChI=1S/C10H9NO/c1-7-5-8-3-2-4-10(12)9(8)6-11-7/h2-6,12H,1H3. The lowest BCUT2D eigenvalue weighted by atomic mass is 10.1. The van der Waals surface area contributed by atoms with Crippen molar-refractivity contribution in [3.05, 3.63) is 36.2 Å². The third-order valence-corrected chi connectivity index (χ3v) is 1.88. The minimum absolute atomic E-state index is 0.292. The molecule has 0 saturated heterocycles. The molecule has 0 aliphatic rings. The third kappa shape index (κ3) is 1.01. The van der Waals surface area contributed by atoms with Crippen molar-refractivity contribution in [3.63, 3.8) is 0 Å². The molecular formula is C10H9NO. The highest BCUT2D eigenvalue weighted by Gasteiger charge is 1.98. The van der Waals surface area contributed by atoms with E-state index in [9.17, 15) is 5.11 Å². The molecule has 0 atom stereocenters. The Balaban J connectivity index is 2.86. The molecular weight excluding hydrogens is 150 g/mol. The Morgan fingerprint density at radius 2 is 2.17 bits per heavy atom. The molecule has 0 radical (unpaired) electrons. The molecule has 0 fully saturated rings. The van der Waals surface area contributed by atoms with Crippen molar-refractivity contribution < 1.29 is 5.11 Å². The van der Waals surface area contributed by atoms with Gasteiger partial charge in [-0.3, -0.25) is 4.98 Å². The second-order valence-corrected chi connectivity index (χ2v) is 2.82. The van der Waals surface area contributed by atoms with Crippen LogP contribution in [0.4, 0.5) is 0 Å². The van der Waals surface area contributed by atoms with Crippen molar-refractivity contribution in [2.24, 2.45) is 0 Å². The minimum Gasteiger partial charge on any atom is -0.507 e. The van der Waals surface area contributed by atoms with Crippen LogP contribution in [0.15, 0.2) is 30.5 Å². The number of fused-ring (bicyclic) bond motifs is 1. The summed E-state index contributed by atoms with van der Waals surface area (Å²) in [5.74, 6) is 0.292. The topological polar surface area (TPSA) is 33.1 Å². The molecule has 12 heavy (non-hydrogen) atoms. The highest BCUT2D eigenvalue weighted by Crippen LogP contribution is 2.23. The second-order valence-electron chi connectivity index (χ2n) is 2.82. The highest BCUT2D eigenvalue weighted by atomic mass is 16.3. The number of aryl methyl sites for hydroxylation is 1. The van der Waals surface area contributed by atoms with Crippen molar-refractivity contribution in [1.29, 1.82) is 0 Å². The van der Waals surface area contributed by atoms with Gasteiger partial charge in [0.05, 0.1) is 0 Å². The van der Waals surface area contributed by atoms with Crippen LogP contribution in [0, 0.1) is 6.92 Å². The lowest BCUT2D eigenvalue weighted by Gasteiger charge is -1.99. The predicted octanol–water partition coefficient (Wildman–Crippen LogP) is 2.25. The molecule has 1 aromatic carbocycles. The average Bonchev–Trinajstić information content (AvgIpc) is 2.04. The zero-order valence-electron chi connectivity index (χ0n) is 6.78. The SMILES string of the molecule is Cc1cc2cccc(O)c2cn1. The van der Waals surface area contributed by atoms with Crippen LogP contribution in [0.3, 0.4) is 0 Å². The summed E-state index contributed by atoms with van der Waals surface area (Å²) in [6.07, 6.45) is 1.69. The molecule has 0 unspecified atom stereocenters. The molecule has 60 valence electrons. The van der Waals surface area contributed by atoms with Crippen molar-refractivity contribution in [2.75, 3.05) is 0 Å². The molecule has 0 saturated carbocycles. The van der Waals surface area contributed by atoms with Gasteiger partial charge in [-0.25, -0.2) is 0 Å². The predicted molar refractivity (Wildman–Crippen MR) is 48.1 cm³/mol. The normalized spacial score (nSPS) is 10.4. The van der Waals surface area contributed by atoms with E-state index in [0.717, 1.165) is 16.5 Å². The van der Waals surface area contributed by atoms with Gasteiger partial charge in [0.25, 0.3) is 0 Å². The lowest BCUT2D eigenvalue weighted by molar-refractivity contribution is 0.481. The van der Waals surface area contributed by atoms with E-state index in [4.69, 9.17) is 0 Å². The summed E-state index contributed by atoms with van der Waals surface area (Å²) in [6.45, 7) is 1.93. The molecule has 1 heterocycles. The summed E-state index contributed by atoms with van der Waals surface area (Å²) in [7, 11) is 0. The fourth-order valence-corrected chi connectivity index (χ4v) is 1.27. The maximum absolute atomic E-state index is 9.42. The smallest absolute Gasteiger partial charge is 0.124 e. The Morgan fingerprint density at radius 1 is 1.33 bits per heavy atom. The Hall–Kier alpha value is -1.57. The van der Waals surface area contributed by atoms with Gasteiger partial charge in [-0.2, -0.15) is 0 Å². The van der Waals surface area contributed by atoms with Gasteiger partial charge in [0.2, 0.25) is 0 Å². The third-order valence-electron chi connectivity index (χ3n) is 1.88. The van der Waals surface area contributed by atoms with Crippen molar-refractivity contribution in [2.45, 2.75) is 6.92 Å². The lowest BCUT2D eigenvalue weighted by Crippen LogP contribution is -1.80. The van der Waals surface area contributed by atoms with Gasteiger partial charge in [-0.1, -0.05) is 12.1 Å². The van der Waals surface area contributed by atoms with Gasteiger partial charge < -0.3 is 5.11 Å². The number of aromatic hydroxyl groups is 1. The van der Waals surface area contributed by atoms with Crippen LogP contribution >= 0.6 is 0 Å². The van der Waals surface area contributed by atoms with E-state index in [0.29, 0.717) is 5.75 Å². The molecule has 0 spiro atoms. The number of phenolic OH excluding ortho intramolecular Hbond substituents is 1. The second kappa shape index (κ2) is 2.48. The summed E-state index contributed by atoms with van der Waals surface area (Å²) in [5, 5.41) is 11.3. The molecule has 2 rings (SSSR count). The Morgan fingerprint density at radius 3 is 3.00 bits per heavy atom. The van der Waals surface area contributed by atoms with Gasteiger partial charge >= 0.3 is 0 Å². The summed E-state index contributed by atoms with van der Waals surface area (Å²) in [6, 6.07) is 7.41. The number of hydrogen-bond donors (Lipinski definition) is 1. The Labute approximate surface area is 70.5 Å². The van der Waals surface area contributed by atoms with E-state index in [2.05, 4.69) is 4.98 Å². The zero-order chi connectivity index (χ0) is 8.55. The number of phenols is 1. The van der Waals surface area contributed by atoms with E-state index in [1.165, 1.54) is 0 Å².